The standard InChI is InChI=1S/C19H17BrN2O4/c1-11(19(25)21-15-6-4-14(20)5-7-15)22-16-9-13(12(2)23)3-8-17(16)26-10-18(22)24/h3-9,11H,10H2,1-2H3,(H,21,25). The van der Waals surface area contributed by atoms with Crippen LogP contribution in [0, 0.1) is 0 Å². The molecule has 2 aromatic rings. The third-order valence-corrected chi connectivity index (χ3v) is 4.65. The fraction of sp³-hybridized carbons (Fsp3) is 0.211. The van der Waals surface area contributed by atoms with Gasteiger partial charge in [0.15, 0.2) is 12.4 Å². The molecule has 0 radical (unpaired) electrons. The van der Waals surface area contributed by atoms with Crippen LogP contribution in [0.1, 0.15) is 24.2 Å². The first-order valence-electron chi connectivity index (χ1n) is 8.03. The third kappa shape index (κ3) is 3.62. The third-order valence-electron chi connectivity index (χ3n) is 4.12. The van der Waals surface area contributed by atoms with Crippen LogP contribution in [-0.4, -0.2) is 30.2 Å². The normalized spacial score (nSPS) is 14.3. The Morgan fingerprint density at radius 1 is 1.19 bits per heavy atom. The van der Waals surface area contributed by atoms with Crippen molar-refractivity contribution in [3.8, 4) is 5.75 Å². The van der Waals surface area contributed by atoms with Gasteiger partial charge in [-0.25, -0.2) is 0 Å². The summed E-state index contributed by atoms with van der Waals surface area (Å²) in [4.78, 5) is 38.1. The molecule has 0 spiro atoms. The van der Waals surface area contributed by atoms with Gasteiger partial charge in [0.25, 0.3) is 5.91 Å². The number of ketones is 1. The SMILES string of the molecule is CC(=O)c1ccc2c(c1)N(C(C)C(=O)Nc1ccc(Br)cc1)C(=O)CO2. The zero-order valence-corrected chi connectivity index (χ0v) is 15.9. The summed E-state index contributed by atoms with van der Waals surface area (Å²) < 4.78 is 6.32. The Hall–Kier alpha value is -2.67. The molecule has 0 fully saturated rings. The molecule has 26 heavy (non-hydrogen) atoms. The first-order chi connectivity index (χ1) is 12.4. The van der Waals surface area contributed by atoms with Gasteiger partial charge in [-0.2, -0.15) is 0 Å². The molecule has 1 aliphatic heterocycles. The molecule has 2 amide bonds. The molecule has 3 rings (SSSR count). The van der Waals surface area contributed by atoms with Crippen LogP contribution >= 0.6 is 15.9 Å². The molecule has 0 saturated carbocycles. The second-order valence-electron chi connectivity index (χ2n) is 5.96. The van der Waals surface area contributed by atoms with Crippen molar-refractivity contribution in [2.45, 2.75) is 19.9 Å². The van der Waals surface area contributed by atoms with Gasteiger partial charge in [-0.1, -0.05) is 15.9 Å². The lowest BCUT2D eigenvalue weighted by Crippen LogP contribution is -2.49. The smallest absolute Gasteiger partial charge is 0.265 e. The number of halogens is 1. The van der Waals surface area contributed by atoms with Gasteiger partial charge in [0.05, 0.1) is 5.69 Å². The van der Waals surface area contributed by atoms with Gasteiger partial charge in [-0.05, 0) is 56.3 Å². The highest BCUT2D eigenvalue weighted by Gasteiger charge is 2.33. The van der Waals surface area contributed by atoms with Crippen LogP contribution in [0.2, 0.25) is 0 Å². The zero-order valence-electron chi connectivity index (χ0n) is 14.3. The molecule has 0 bridgehead atoms. The van der Waals surface area contributed by atoms with E-state index in [0.29, 0.717) is 22.7 Å². The number of benzene rings is 2. The lowest BCUT2D eigenvalue weighted by atomic mass is 10.1. The van der Waals surface area contributed by atoms with Crippen LogP contribution in [-0.2, 0) is 9.59 Å². The molecule has 1 N–H and O–H groups in total. The number of hydrogen-bond acceptors (Lipinski definition) is 4. The Kier molecular flexibility index (Phi) is 5.08. The van der Waals surface area contributed by atoms with Crippen LogP contribution in [0.25, 0.3) is 0 Å². The number of carbonyl (C=O) groups excluding carboxylic acids is 3. The highest BCUT2D eigenvalue weighted by atomic mass is 79.9. The molecule has 1 heterocycles. The van der Waals surface area contributed by atoms with Crippen molar-refractivity contribution in [3.05, 3.63) is 52.5 Å². The number of ether oxygens (including phenoxy) is 1. The summed E-state index contributed by atoms with van der Waals surface area (Å²) in [7, 11) is 0. The van der Waals surface area contributed by atoms with E-state index < -0.39 is 6.04 Å². The van der Waals surface area contributed by atoms with Crippen molar-refractivity contribution in [2.24, 2.45) is 0 Å². The Morgan fingerprint density at radius 2 is 1.88 bits per heavy atom. The van der Waals surface area contributed by atoms with Gasteiger partial charge in [-0.15, -0.1) is 0 Å². The lowest BCUT2D eigenvalue weighted by Gasteiger charge is -2.33. The van der Waals surface area contributed by atoms with Crippen LogP contribution < -0.4 is 15.0 Å². The maximum Gasteiger partial charge on any atom is 0.265 e. The Morgan fingerprint density at radius 3 is 2.54 bits per heavy atom. The van der Waals surface area contributed by atoms with E-state index in [4.69, 9.17) is 4.74 Å². The Balaban J connectivity index is 1.88. The van der Waals surface area contributed by atoms with Crippen molar-refractivity contribution in [1.29, 1.82) is 0 Å². The van der Waals surface area contributed by atoms with Gasteiger partial charge < -0.3 is 10.1 Å². The highest BCUT2D eigenvalue weighted by Crippen LogP contribution is 2.34. The molecule has 0 aromatic heterocycles. The minimum atomic E-state index is -0.768. The van der Waals surface area contributed by atoms with Gasteiger partial charge in [-0.3, -0.25) is 19.3 Å². The average Bonchev–Trinajstić information content (AvgIpc) is 2.62. The Labute approximate surface area is 159 Å². The fourth-order valence-electron chi connectivity index (χ4n) is 2.71. The number of fused-ring (bicyclic) bond motifs is 1. The largest absolute Gasteiger partial charge is 0.482 e. The number of nitrogens with zero attached hydrogens (tertiary/aromatic N) is 1. The molecule has 0 saturated heterocycles. The van der Waals surface area contributed by atoms with E-state index in [1.807, 2.05) is 12.1 Å². The first kappa shape index (κ1) is 18.1. The van der Waals surface area contributed by atoms with E-state index >= 15 is 0 Å². The van der Waals surface area contributed by atoms with Crippen LogP contribution in [0.5, 0.6) is 5.75 Å². The van der Waals surface area contributed by atoms with Crippen molar-refractivity contribution >= 4 is 44.9 Å². The summed E-state index contributed by atoms with van der Waals surface area (Å²) in [5.41, 5.74) is 1.50. The molecule has 0 aliphatic carbocycles. The monoisotopic (exact) mass is 416 g/mol. The molecular formula is C19H17BrN2O4. The average molecular weight is 417 g/mol. The maximum atomic E-state index is 12.6. The minimum Gasteiger partial charge on any atom is -0.482 e. The highest BCUT2D eigenvalue weighted by molar-refractivity contribution is 9.10. The van der Waals surface area contributed by atoms with Crippen molar-refractivity contribution < 1.29 is 19.1 Å². The van der Waals surface area contributed by atoms with E-state index in [2.05, 4.69) is 21.2 Å². The summed E-state index contributed by atoms with van der Waals surface area (Å²) in [5.74, 6) is -0.325. The summed E-state index contributed by atoms with van der Waals surface area (Å²) in [6.07, 6.45) is 0. The molecule has 1 unspecified atom stereocenters. The number of hydrogen-bond donors (Lipinski definition) is 1. The molecule has 1 aliphatic rings. The second-order valence-corrected chi connectivity index (χ2v) is 6.88. The number of rotatable bonds is 4. The second kappa shape index (κ2) is 7.29. The van der Waals surface area contributed by atoms with Gasteiger partial charge in [0.2, 0.25) is 5.91 Å². The van der Waals surface area contributed by atoms with Crippen LogP contribution in [0.3, 0.4) is 0 Å². The quantitative estimate of drug-likeness (QED) is 0.774. The van der Waals surface area contributed by atoms with Gasteiger partial charge >= 0.3 is 0 Å². The maximum absolute atomic E-state index is 12.6. The summed E-state index contributed by atoms with van der Waals surface area (Å²) in [6, 6.07) is 11.2. The fourth-order valence-corrected chi connectivity index (χ4v) is 2.98. The molecule has 7 heteroatoms. The number of amides is 2. The summed E-state index contributed by atoms with van der Waals surface area (Å²) in [6.45, 7) is 2.94. The van der Waals surface area contributed by atoms with E-state index in [9.17, 15) is 14.4 Å². The molecule has 1 atom stereocenters. The van der Waals surface area contributed by atoms with E-state index in [-0.39, 0.29) is 24.2 Å². The van der Waals surface area contributed by atoms with Crippen molar-refractivity contribution in [2.75, 3.05) is 16.8 Å². The van der Waals surface area contributed by atoms with Gasteiger partial charge in [0, 0.05) is 15.7 Å². The number of Topliss-reactive ketones (excluding diaryl/α,β-unsaturated/α-hetero) is 1. The molecule has 6 nitrogen and oxygen atoms in total. The number of carbonyl (C=O) groups is 3. The Bertz CT molecular complexity index is 880. The zero-order chi connectivity index (χ0) is 18.8. The van der Waals surface area contributed by atoms with Crippen LogP contribution in [0.4, 0.5) is 11.4 Å². The van der Waals surface area contributed by atoms with Crippen molar-refractivity contribution in [1.82, 2.24) is 0 Å². The predicted molar refractivity (Wildman–Crippen MR) is 102 cm³/mol. The van der Waals surface area contributed by atoms with Crippen molar-refractivity contribution in [3.63, 3.8) is 0 Å². The molecule has 2 aromatic carbocycles. The molecule has 134 valence electrons. The van der Waals surface area contributed by atoms with E-state index in [0.717, 1.165) is 4.47 Å². The minimum absolute atomic E-state index is 0.127. The van der Waals surface area contributed by atoms with Crippen LogP contribution in [0.15, 0.2) is 46.9 Å². The van der Waals surface area contributed by atoms with Gasteiger partial charge in [0.1, 0.15) is 11.8 Å². The summed E-state index contributed by atoms with van der Waals surface area (Å²) in [5, 5.41) is 2.79. The van der Waals surface area contributed by atoms with E-state index in [1.54, 1.807) is 37.3 Å². The number of anilines is 2. The summed E-state index contributed by atoms with van der Waals surface area (Å²) >= 11 is 3.34. The first-order valence-corrected chi connectivity index (χ1v) is 8.82. The number of nitrogens with one attached hydrogen (secondary N) is 1. The molecular weight excluding hydrogens is 400 g/mol. The lowest BCUT2D eigenvalue weighted by molar-refractivity contribution is -0.125. The predicted octanol–water partition coefficient (Wildman–Crippen LogP) is 3.40. The topological polar surface area (TPSA) is 75.7 Å². The van der Waals surface area contributed by atoms with E-state index in [1.165, 1.54) is 11.8 Å².